The Bertz CT molecular complexity index is 1060. The molecule has 4 rings (SSSR count). The van der Waals surface area contributed by atoms with Gasteiger partial charge in [0.1, 0.15) is 5.82 Å². The molecular weight excluding hydrogens is 397 g/mol. The van der Waals surface area contributed by atoms with Crippen LogP contribution >= 0.6 is 0 Å². The summed E-state index contributed by atoms with van der Waals surface area (Å²) in [6.45, 7) is 3.64. The summed E-state index contributed by atoms with van der Waals surface area (Å²) < 4.78 is 45.4. The Morgan fingerprint density at radius 3 is 2.48 bits per heavy atom. The van der Waals surface area contributed by atoms with E-state index in [0.29, 0.717) is 37.9 Å². The van der Waals surface area contributed by atoms with E-state index in [1.54, 1.807) is 18.5 Å². The SMILES string of the molecule is CC(c1nc(-c2cccnc2)no1)N1CCN(S(=O)(=O)c2ccc(F)cc2)CC1. The second-order valence-electron chi connectivity index (χ2n) is 6.77. The molecule has 1 saturated heterocycles. The molecule has 0 amide bonds. The molecule has 0 N–H and O–H groups in total. The standard InChI is InChI=1S/C19H20FN5O3S/c1-14(19-22-18(23-28-19)15-3-2-8-21-13-15)24-9-11-25(12-10-24)29(26,27)17-6-4-16(20)5-7-17/h2-8,13-14H,9-12H2,1H3. The van der Waals surface area contributed by atoms with Crippen LogP contribution in [0.25, 0.3) is 11.4 Å². The van der Waals surface area contributed by atoms with Gasteiger partial charge in [-0.3, -0.25) is 9.88 Å². The van der Waals surface area contributed by atoms with E-state index in [9.17, 15) is 12.8 Å². The van der Waals surface area contributed by atoms with E-state index in [4.69, 9.17) is 4.52 Å². The first kappa shape index (κ1) is 19.6. The van der Waals surface area contributed by atoms with Gasteiger partial charge in [-0.1, -0.05) is 5.16 Å². The molecular formula is C19H20FN5O3S. The molecule has 1 aliphatic rings. The minimum absolute atomic E-state index is 0.0958. The van der Waals surface area contributed by atoms with Crippen LogP contribution in [-0.4, -0.2) is 58.9 Å². The van der Waals surface area contributed by atoms with Crippen molar-refractivity contribution in [1.29, 1.82) is 0 Å². The lowest BCUT2D eigenvalue weighted by molar-refractivity contribution is 0.124. The molecule has 0 radical (unpaired) electrons. The molecule has 1 fully saturated rings. The summed E-state index contributed by atoms with van der Waals surface area (Å²) in [6, 6.07) is 8.39. The third-order valence-corrected chi connectivity index (χ3v) is 6.90. The molecule has 8 nitrogen and oxygen atoms in total. The van der Waals surface area contributed by atoms with E-state index < -0.39 is 15.8 Å². The molecule has 152 valence electrons. The normalized spacial score (nSPS) is 17.3. The van der Waals surface area contributed by atoms with Gasteiger partial charge >= 0.3 is 0 Å². The third-order valence-electron chi connectivity index (χ3n) is 4.99. The molecule has 0 spiro atoms. The third kappa shape index (κ3) is 4.04. The van der Waals surface area contributed by atoms with E-state index >= 15 is 0 Å². The molecule has 1 aliphatic heterocycles. The first-order valence-electron chi connectivity index (χ1n) is 9.19. The Hall–Kier alpha value is -2.69. The number of halogens is 1. The van der Waals surface area contributed by atoms with E-state index in [2.05, 4.69) is 20.0 Å². The first-order valence-corrected chi connectivity index (χ1v) is 10.6. The van der Waals surface area contributed by atoms with Crippen LogP contribution in [0.2, 0.25) is 0 Å². The highest BCUT2D eigenvalue weighted by atomic mass is 32.2. The number of hydrogen-bond acceptors (Lipinski definition) is 7. The number of pyridine rings is 1. The highest BCUT2D eigenvalue weighted by Crippen LogP contribution is 2.25. The van der Waals surface area contributed by atoms with Crippen molar-refractivity contribution in [2.24, 2.45) is 0 Å². The van der Waals surface area contributed by atoms with Crippen molar-refractivity contribution in [3.8, 4) is 11.4 Å². The fourth-order valence-electron chi connectivity index (χ4n) is 3.26. The van der Waals surface area contributed by atoms with Crippen molar-refractivity contribution < 1.29 is 17.3 Å². The summed E-state index contributed by atoms with van der Waals surface area (Å²) in [5.41, 5.74) is 0.768. The maximum absolute atomic E-state index is 13.1. The quantitative estimate of drug-likeness (QED) is 0.629. The lowest BCUT2D eigenvalue weighted by atomic mass is 10.2. The number of piperazine rings is 1. The minimum atomic E-state index is -3.64. The van der Waals surface area contributed by atoms with E-state index in [0.717, 1.165) is 17.7 Å². The molecule has 1 unspecified atom stereocenters. The first-order chi connectivity index (χ1) is 13.9. The zero-order valence-corrected chi connectivity index (χ0v) is 16.6. The summed E-state index contributed by atoms with van der Waals surface area (Å²) in [4.78, 5) is 10.7. The molecule has 2 aromatic heterocycles. The summed E-state index contributed by atoms with van der Waals surface area (Å²) in [5, 5.41) is 4.01. The van der Waals surface area contributed by atoms with Crippen molar-refractivity contribution in [1.82, 2.24) is 24.3 Å². The number of aromatic nitrogens is 3. The van der Waals surface area contributed by atoms with Crippen LogP contribution < -0.4 is 0 Å². The number of nitrogens with zero attached hydrogens (tertiary/aromatic N) is 5. The molecule has 0 aliphatic carbocycles. The van der Waals surface area contributed by atoms with Crippen LogP contribution in [-0.2, 0) is 10.0 Å². The highest BCUT2D eigenvalue weighted by Gasteiger charge is 2.31. The van der Waals surface area contributed by atoms with Gasteiger partial charge in [0.15, 0.2) is 0 Å². The molecule has 1 atom stereocenters. The van der Waals surface area contributed by atoms with Crippen LogP contribution in [0.1, 0.15) is 18.9 Å². The zero-order chi connectivity index (χ0) is 20.4. The predicted octanol–water partition coefficient (Wildman–Crippen LogP) is 2.34. The molecule has 29 heavy (non-hydrogen) atoms. The van der Waals surface area contributed by atoms with Crippen LogP contribution in [0, 0.1) is 5.82 Å². The average Bonchev–Trinajstić information content (AvgIpc) is 3.24. The molecule has 3 heterocycles. The summed E-state index contributed by atoms with van der Waals surface area (Å²) in [5.74, 6) is 0.476. The number of rotatable bonds is 5. The topological polar surface area (TPSA) is 92.4 Å². The van der Waals surface area contributed by atoms with Crippen molar-refractivity contribution in [3.63, 3.8) is 0 Å². The van der Waals surface area contributed by atoms with Gasteiger partial charge in [-0.05, 0) is 43.3 Å². The van der Waals surface area contributed by atoms with Crippen LogP contribution in [0.15, 0.2) is 58.2 Å². The number of benzene rings is 1. The summed E-state index contributed by atoms with van der Waals surface area (Å²) in [7, 11) is -3.64. The fraction of sp³-hybridized carbons (Fsp3) is 0.316. The Labute approximate surface area is 168 Å². The number of sulfonamides is 1. The minimum Gasteiger partial charge on any atom is -0.337 e. The highest BCUT2D eigenvalue weighted by molar-refractivity contribution is 7.89. The number of hydrogen-bond donors (Lipinski definition) is 0. The lowest BCUT2D eigenvalue weighted by Gasteiger charge is -2.36. The van der Waals surface area contributed by atoms with Crippen LogP contribution in [0.4, 0.5) is 4.39 Å². The molecule has 10 heteroatoms. The van der Waals surface area contributed by atoms with Crippen molar-refractivity contribution >= 4 is 10.0 Å². The largest absolute Gasteiger partial charge is 0.337 e. The Balaban J connectivity index is 1.42. The van der Waals surface area contributed by atoms with E-state index in [1.165, 1.54) is 16.4 Å². The van der Waals surface area contributed by atoms with Crippen molar-refractivity contribution in [2.75, 3.05) is 26.2 Å². The maximum atomic E-state index is 13.1. The Morgan fingerprint density at radius 1 is 1.10 bits per heavy atom. The van der Waals surface area contributed by atoms with Gasteiger partial charge in [0.25, 0.3) is 0 Å². The molecule has 0 saturated carbocycles. The van der Waals surface area contributed by atoms with Gasteiger partial charge in [0.2, 0.25) is 21.7 Å². The van der Waals surface area contributed by atoms with E-state index in [-0.39, 0.29) is 10.9 Å². The summed E-state index contributed by atoms with van der Waals surface area (Å²) in [6.07, 6.45) is 3.34. The monoisotopic (exact) mass is 417 g/mol. The van der Waals surface area contributed by atoms with Gasteiger partial charge < -0.3 is 4.52 Å². The Morgan fingerprint density at radius 2 is 1.83 bits per heavy atom. The van der Waals surface area contributed by atoms with Crippen LogP contribution in [0.5, 0.6) is 0 Å². The average molecular weight is 417 g/mol. The van der Waals surface area contributed by atoms with E-state index in [1.807, 2.05) is 13.0 Å². The van der Waals surface area contributed by atoms with Gasteiger partial charge in [0, 0.05) is 44.1 Å². The maximum Gasteiger partial charge on any atom is 0.244 e. The smallest absolute Gasteiger partial charge is 0.244 e. The van der Waals surface area contributed by atoms with Crippen molar-refractivity contribution in [3.05, 3.63) is 60.5 Å². The predicted molar refractivity (Wildman–Crippen MR) is 103 cm³/mol. The zero-order valence-electron chi connectivity index (χ0n) is 15.8. The molecule has 1 aromatic carbocycles. The van der Waals surface area contributed by atoms with Gasteiger partial charge in [-0.2, -0.15) is 9.29 Å². The molecule has 0 bridgehead atoms. The Kier molecular flexibility index (Phi) is 5.39. The second-order valence-corrected chi connectivity index (χ2v) is 8.71. The van der Waals surface area contributed by atoms with Gasteiger partial charge in [0.05, 0.1) is 10.9 Å². The lowest BCUT2D eigenvalue weighted by Crippen LogP contribution is -2.49. The second kappa shape index (κ2) is 7.97. The van der Waals surface area contributed by atoms with Crippen LogP contribution in [0.3, 0.4) is 0 Å². The fourth-order valence-corrected chi connectivity index (χ4v) is 4.68. The molecule has 3 aromatic rings. The van der Waals surface area contributed by atoms with Gasteiger partial charge in [-0.25, -0.2) is 12.8 Å². The summed E-state index contributed by atoms with van der Waals surface area (Å²) >= 11 is 0. The van der Waals surface area contributed by atoms with Gasteiger partial charge in [-0.15, -0.1) is 0 Å². The van der Waals surface area contributed by atoms with Crippen molar-refractivity contribution in [2.45, 2.75) is 17.9 Å².